The van der Waals surface area contributed by atoms with Crippen molar-refractivity contribution >= 4 is 156 Å². The van der Waals surface area contributed by atoms with Crippen LogP contribution in [-0.4, -0.2) is 57.6 Å². The molecule has 0 fully saturated rings. The van der Waals surface area contributed by atoms with Gasteiger partial charge < -0.3 is 41.4 Å². The zero-order valence-electron chi connectivity index (χ0n) is 75.8. The summed E-state index contributed by atoms with van der Waals surface area (Å²) in [6.07, 6.45) is 15.1. The van der Waals surface area contributed by atoms with E-state index in [1.165, 1.54) is 32.3 Å². The number of pyridine rings is 2. The van der Waals surface area contributed by atoms with Crippen LogP contribution in [0.1, 0.15) is 0 Å². The number of fused-ring (bicyclic) bond motifs is 21. The minimum Gasteiger partial charge on any atom is -0.509 e. The van der Waals surface area contributed by atoms with Crippen molar-refractivity contribution < 1.29 is 86.4 Å². The van der Waals surface area contributed by atoms with E-state index in [1.807, 2.05) is 248 Å². The third kappa shape index (κ3) is 14.7. The van der Waals surface area contributed by atoms with E-state index in [-0.39, 0.29) is 63.2 Å². The first-order valence-electron chi connectivity index (χ1n) is 46.2. The van der Waals surface area contributed by atoms with Crippen LogP contribution in [-0.2, 0) is 76.9 Å². The molecule has 17 aromatic carbocycles. The smallest absolute Gasteiger partial charge is 0.509 e. The molecule has 696 valence electrons. The van der Waals surface area contributed by atoms with E-state index in [1.54, 1.807) is 33.9 Å². The van der Waals surface area contributed by atoms with Gasteiger partial charge in [0, 0.05) is 131 Å². The Balaban J connectivity index is 0.000000115. The molecule has 26 aromatic rings. The molecule has 0 saturated carbocycles. The molecule has 0 bridgehead atoms. The number of benzene rings is 17. The molecule has 0 saturated heterocycles. The average molecular weight is 2450 g/mol. The second-order valence-electron chi connectivity index (χ2n) is 34.9. The normalized spacial score (nSPS) is 14.9. The topological polar surface area (TPSA) is 169 Å². The van der Waals surface area contributed by atoms with Crippen LogP contribution in [0.4, 0.5) is 0 Å². The van der Waals surface area contributed by atoms with Gasteiger partial charge in [-0.1, -0.05) is 255 Å². The molecule has 0 amide bonds. The summed E-state index contributed by atoms with van der Waals surface area (Å²) in [7, 11) is -10.0. The standard InChI is InChI=1S/C44H26N5OP.C39H23N3O2P.C38H24N4O2P.3Pt/c50-51(31-21-23-35-34-13-3-7-17-40(34)49(41(35)26-31)44-19-9-10-24-45-44)42-18-8-4-14-36(42)37-22-20-29(25-43(37)51)47-28-30(27-46-47)48-38-15-5-1-11-32(38)33-12-2-6-16-39(33)48;43-45(31-14-10-13-30(24-31)44-29-11-2-1-3-12-29)38-20-9-6-17-34(38)35-22-21-27(23-39(35)45)41-26-28(25-40-41)42-36-18-7-4-15-32(36)33-16-5-8-19-37(33)42;43-45(36-17-6-3-14-32(36)33-20-19-28(23-37(33)45)44-38-18-7-8-21-39-38)29-11-9-10-26(22-29)41-25-27(24-40-41)42-34-15-4-1-12-30(34)31-13-2-5-16-35(31)42;;;/h1-24,27-28H;1-11,13-22,25-26H;1-21,23-25H;;;/q-2;-3;-1;;;+2. The first-order chi connectivity index (χ1) is 69.5. The molecule has 0 N–H and O–H groups in total. The summed E-state index contributed by atoms with van der Waals surface area (Å²) in [5.41, 5.74) is 19.1. The Kier molecular flexibility index (Phi) is 23.1. The maximum absolute atomic E-state index is 15.9. The van der Waals surface area contributed by atoms with Crippen molar-refractivity contribution in [1.82, 2.24) is 57.6 Å². The zero-order chi connectivity index (χ0) is 93.6. The summed E-state index contributed by atoms with van der Waals surface area (Å²) in [6.45, 7) is 0. The molecule has 3 aliphatic heterocycles. The molecule has 12 heterocycles. The number of ether oxygens (including phenoxy) is 2. The van der Waals surface area contributed by atoms with E-state index in [2.05, 4.69) is 236 Å². The average Bonchev–Trinajstić information content (AvgIpc) is 1.54. The van der Waals surface area contributed by atoms with E-state index in [0.717, 1.165) is 138 Å². The fourth-order valence-corrected chi connectivity index (χ4v) is 29.8. The van der Waals surface area contributed by atoms with Crippen LogP contribution >= 0.6 is 21.4 Å². The molecule has 0 radical (unpaired) electrons. The van der Waals surface area contributed by atoms with E-state index in [0.29, 0.717) is 61.0 Å². The summed E-state index contributed by atoms with van der Waals surface area (Å²) >= 11 is 0. The molecular weight excluding hydrogens is 2380 g/mol. The van der Waals surface area contributed by atoms with Gasteiger partial charge in [0.15, 0.2) is 0 Å². The maximum Gasteiger partial charge on any atom is 2.00 e. The first-order valence-corrected chi connectivity index (χ1v) is 51.3. The van der Waals surface area contributed by atoms with Crippen molar-refractivity contribution in [2.45, 2.75) is 0 Å². The number of para-hydroxylation sites is 8. The third-order valence-electron chi connectivity index (χ3n) is 27.1. The van der Waals surface area contributed by atoms with Gasteiger partial charge in [0.25, 0.3) is 0 Å². The summed E-state index contributed by atoms with van der Waals surface area (Å²) in [5, 5.41) is 29.9. The predicted molar refractivity (Wildman–Crippen MR) is 565 cm³/mol. The van der Waals surface area contributed by atoms with Gasteiger partial charge in [0.2, 0.25) is 5.88 Å². The molecule has 3 unspecified atom stereocenters. The fourth-order valence-electron chi connectivity index (χ4n) is 20.9. The van der Waals surface area contributed by atoms with Crippen LogP contribution in [0.2, 0.25) is 0 Å². The number of hydrogen-bond acceptors (Lipinski definition) is 10. The SMILES string of the molecule is O=P1(c2[c-]c(-n3cc(-n4c5ccccc5c5ccccc54)cn3)ccc2)c2ccccc2-c2ccc(Oc3ccccn3)cc21.O=P1(c2[c-]c(Oc3[c-]cccc3)ccc2)c2[c-]c(-n3cc(-n4c5ccccc5c5ccccc54)cn3)ccc2-c2ccccc21.O=P1(c2[c-]c3c(cc2)c2ccccc2n3-c2ccccn2)c2[c-]c(-n3cc(-n4c5ccccc5c5ccccc54)cn3)ccc2-c2ccccc21.[Pt+2].[Pt].[Pt]. The molecule has 17 nitrogen and oxygen atoms in total. The van der Waals surface area contributed by atoms with E-state index >= 15 is 13.7 Å². The first kappa shape index (κ1) is 90.8. The molecule has 23 heteroatoms. The van der Waals surface area contributed by atoms with Gasteiger partial charge in [0.05, 0.1) is 87.3 Å². The Morgan fingerprint density at radius 1 is 0.271 bits per heavy atom. The molecule has 29 rings (SSSR count). The minimum atomic E-state index is -3.41. The van der Waals surface area contributed by atoms with Crippen molar-refractivity contribution in [2.75, 3.05) is 0 Å². The van der Waals surface area contributed by atoms with Crippen LogP contribution in [0.25, 0.3) is 161 Å². The van der Waals surface area contributed by atoms with Crippen LogP contribution in [0.3, 0.4) is 0 Å². The number of nitrogens with zero attached hydrogens (tertiary/aromatic N) is 12. The van der Waals surface area contributed by atoms with Gasteiger partial charge in [-0.25, -0.2) is 9.97 Å². The van der Waals surface area contributed by atoms with Crippen molar-refractivity contribution in [1.29, 1.82) is 0 Å². The van der Waals surface area contributed by atoms with E-state index < -0.39 is 21.4 Å². The van der Waals surface area contributed by atoms with Crippen LogP contribution in [0, 0.1) is 36.4 Å². The maximum atomic E-state index is 15.9. The van der Waals surface area contributed by atoms with Crippen LogP contribution in [0.15, 0.2) is 444 Å². The number of hydrogen-bond donors (Lipinski definition) is 0. The van der Waals surface area contributed by atoms with Gasteiger partial charge in [-0.3, -0.25) is 14.0 Å². The molecule has 9 aromatic heterocycles. The minimum absolute atomic E-state index is 0. The fraction of sp³-hybridized carbons (Fsp3) is 0. The van der Waals surface area contributed by atoms with Crippen molar-refractivity contribution in [2.24, 2.45) is 0 Å². The second-order valence-corrected chi connectivity index (χ2v) is 42.8. The van der Waals surface area contributed by atoms with Gasteiger partial charge in [0.1, 0.15) is 33.0 Å². The Hall–Kier alpha value is -15.8. The van der Waals surface area contributed by atoms with Crippen LogP contribution in [0.5, 0.6) is 23.1 Å². The molecule has 0 aliphatic carbocycles. The van der Waals surface area contributed by atoms with Crippen molar-refractivity contribution in [3.63, 3.8) is 0 Å². The molecule has 144 heavy (non-hydrogen) atoms. The Labute approximate surface area is 869 Å². The number of aromatic nitrogens is 12. The van der Waals surface area contributed by atoms with Gasteiger partial charge in [-0.15, -0.1) is 83.2 Å². The summed E-state index contributed by atoms with van der Waals surface area (Å²) in [5.74, 6) is 2.90. The predicted octanol–water partition coefficient (Wildman–Crippen LogP) is 24.0. The van der Waals surface area contributed by atoms with Crippen LogP contribution < -0.4 is 57.2 Å². The number of rotatable bonds is 14. The molecule has 0 spiro atoms. The molecule has 3 atom stereocenters. The quantitative estimate of drug-likeness (QED) is 0.0754. The third-order valence-corrected chi connectivity index (χ3v) is 36.1. The van der Waals surface area contributed by atoms with Gasteiger partial charge in [-0.05, 0) is 112 Å². The van der Waals surface area contributed by atoms with Gasteiger partial charge in [-0.2, -0.15) is 82.0 Å². The largest absolute Gasteiger partial charge is 2.00 e. The van der Waals surface area contributed by atoms with Crippen molar-refractivity contribution in [3.8, 4) is 96.5 Å². The Morgan fingerprint density at radius 3 is 1.12 bits per heavy atom. The Morgan fingerprint density at radius 2 is 0.653 bits per heavy atom. The monoisotopic (exact) mass is 2450 g/mol. The summed E-state index contributed by atoms with van der Waals surface area (Å²) in [4.78, 5) is 8.98. The van der Waals surface area contributed by atoms with Crippen molar-refractivity contribution in [3.05, 3.63) is 480 Å². The molecule has 3 aliphatic rings. The second kappa shape index (κ2) is 36.6. The zero-order valence-corrected chi connectivity index (χ0v) is 85.3. The molecular formula is C121H73N12O5P3Pt3-4. The summed E-state index contributed by atoms with van der Waals surface area (Å²) < 4.78 is 73.0. The van der Waals surface area contributed by atoms with E-state index in [4.69, 9.17) is 29.8 Å². The van der Waals surface area contributed by atoms with E-state index in [9.17, 15) is 0 Å². The van der Waals surface area contributed by atoms with Gasteiger partial charge >= 0.3 is 21.1 Å². The Bertz CT molecular complexity index is 9600. The summed E-state index contributed by atoms with van der Waals surface area (Å²) in [6, 6.07) is 151.